The van der Waals surface area contributed by atoms with E-state index in [0.29, 0.717) is 10.8 Å². The second kappa shape index (κ2) is 9.61. The van der Waals surface area contributed by atoms with E-state index in [0.717, 1.165) is 31.5 Å². The lowest BCUT2D eigenvalue weighted by Crippen LogP contribution is -2.29. The molecule has 0 aromatic rings. The van der Waals surface area contributed by atoms with Crippen molar-refractivity contribution >= 4 is 0 Å². The fraction of sp³-hybridized carbons (Fsp3) is 0.905. The zero-order valence-corrected chi connectivity index (χ0v) is 16.6. The van der Waals surface area contributed by atoms with E-state index in [1.165, 1.54) is 25.7 Å². The summed E-state index contributed by atoms with van der Waals surface area (Å²) in [5.74, 6) is 4.38. The lowest BCUT2D eigenvalue weighted by atomic mass is 9.84. The maximum Gasteiger partial charge on any atom is 0.0598 e. The summed E-state index contributed by atoms with van der Waals surface area (Å²) < 4.78 is 0. The molecule has 0 bridgehead atoms. The number of nitrogens with zero attached hydrogens (tertiary/aromatic N) is 1. The molecular weight excluding hydrogens is 266 g/mol. The molecule has 0 aromatic carbocycles. The fourth-order valence-corrected chi connectivity index (χ4v) is 3.50. The molecule has 0 fully saturated rings. The van der Waals surface area contributed by atoms with E-state index in [1.54, 1.807) is 0 Å². The highest BCUT2D eigenvalue weighted by atomic mass is 15.1. The van der Waals surface area contributed by atoms with E-state index >= 15 is 0 Å². The van der Waals surface area contributed by atoms with E-state index in [1.807, 2.05) is 0 Å². The molecule has 0 aliphatic rings. The van der Waals surface area contributed by atoms with Crippen LogP contribution in [0.2, 0.25) is 0 Å². The molecule has 0 aromatic heterocycles. The molecular formula is C21H41N. The minimum Gasteiger partial charge on any atom is -0.292 e. The van der Waals surface area contributed by atoms with Crippen LogP contribution in [0.15, 0.2) is 0 Å². The van der Waals surface area contributed by atoms with E-state index in [-0.39, 0.29) is 0 Å². The number of terminal acetylenes is 1. The van der Waals surface area contributed by atoms with Crippen molar-refractivity contribution in [2.45, 2.75) is 81.1 Å². The highest BCUT2D eigenvalue weighted by Crippen LogP contribution is 2.27. The van der Waals surface area contributed by atoms with Gasteiger partial charge in [0.15, 0.2) is 0 Å². The Kier molecular flexibility index (Phi) is 9.40. The number of hydrogen-bond acceptors (Lipinski definition) is 1. The third kappa shape index (κ3) is 13.2. The molecule has 0 saturated carbocycles. The van der Waals surface area contributed by atoms with Crippen molar-refractivity contribution in [3.8, 4) is 12.3 Å². The zero-order valence-electron chi connectivity index (χ0n) is 16.6. The highest BCUT2D eigenvalue weighted by molar-refractivity contribution is 4.88. The standard InChI is InChI=1S/C21H41N/c1-10-13-22(14-11-18(2)16-20(4,5)6)15-12-19(3)17-21(7,8)9/h1,18-19H,11-17H2,2-9H3. The van der Waals surface area contributed by atoms with Crippen LogP contribution in [0.4, 0.5) is 0 Å². The van der Waals surface area contributed by atoms with Gasteiger partial charge in [0.25, 0.3) is 0 Å². The Morgan fingerprint density at radius 3 is 1.45 bits per heavy atom. The van der Waals surface area contributed by atoms with Gasteiger partial charge in [-0.3, -0.25) is 4.90 Å². The molecule has 0 spiro atoms. The number of hydrogen-bond donors (Lipinski definition) is 0. The normalized spacial score (nSPS) is 15.6. The molecule has 1 heteroatoms. The van der Waals surface area contributed by atoms with Gasteiger partial charge in [0.2, 0.25) is 0 Å². The summed E-state index contributed by atoms with van der Waals surface area (Å²) in [6.07, 6.45) is 10.6. The molecule has 2 unspecified atom stereocenters. The Morgan fingerprint density at radius 1 is 0.818 bits per heavy atom. The lowest BCUT2D eigenvalue weighted by molar-refractivity contribution is 0.221. The zero-order chi connectivity index (χ0) is 17.4. The predicted octanol–water partition coefficient (Wildman–Crippen LogP) is 5.85. The van der Waals surface area contributed by atoms with Crippen molar-refractivity contribution in [3.63, 3.8) is 0 Å². The molecule has 0 saturated heterocycles. The third-order valence-electron chi connectivity index (χ3n) is 4.11. The molecule has 0 aliphatic heterocycles. The van der Waals surface area contributed by atoms with E-state index in [2.05, 4.69) is 66.2 Å². The quantitative estimate of drug-likeness (QED) is 0.483. The first-order chi connectivity index (χ1) is 9.93. The second-order valence-electron chi connectivity index (χ2n) is 9.80. The molecule has 130 valence electrons. The molecule has 0 N–H and O–H groups in total. The highest BCUT2D eigenvalue weighted by Gasteiger charge is 2.18. The summed E-state index contributed by atoms with van der Waals surface area (Å²) in [6.45, 7) is 21.8. The minimum atomic E-state index is 0.428. The Labute approximate surface area is 141 Å². The van der Waals surface area contributed by atoms with Crippen LogP contribution in [0.3, 0.4) is 0 Å². The predicted molar refractivity (Wildman–Crippen MR) is 101 cm³/mol. The van der Waals surface area contributed by atoms with Gasteiger partial charge in [0, 0.05) is 0 Å². The summed E-state index contributed by atoms with van der Waals surface area (Å²) in [5, 5.41) is 0. The number of rotatable bonds is 9. The Morgan fingerprint density at radius 2 is 1.18 bits per heavy atom. The second-order valence-corrected chi connectivity index (χ2v) is 9.80. The van der Waals surface area contributed by atoms with Gasteiger partial charge in [-0.05, 0) is 61.4 Å². The van der Waals surface area contributed by atoms with Crippen LogP contribution in [-0.2, 0) is 0 Å². The van der Waals surface area contributed by atoms with Gasteiger partial charge in [-0.25, -0.2) is 0 Å². The SMILES string of the molecule is C#CCN(CCC(C)CC(C)(C)C)CCC(C)CC(C)(C)C. The maximum atomic E-state index is 5.55. The first kappa shape index (κ1) is 21.5. The summed E-state index contributed by atoms with van der Waals surface area (Å²) in [7, 11) is 0. The summed E-state index contributed by atoms with van der Waals surface area (Å²) in [6, 6.07) is 0. The molecule has 22 heavy (non-hydrogen) atoms. The van der Waals surface area contributed by atoms with E-state index in [9.17, 15) is 0 Å². The molecule has 0 rings (SSSR count). The average molecular weight is 308 g/mol. The first-order valence-electron chi connectivity index (χ1n) is 9.09. The van der Waals surface area contributed by atoms with Gasteiger partial charge >= 0.3 is 0 Å². The molecule has 0 radical (unpaired) electrons. The van der Waals surface area contributed by atoms with Gasteiger partial charge in [-0.2, -0.15) is 0 Å². The van der Waals surface area contributed by atoms with Crippen molar-refractivity contribution in [1.82, 2.24) is 4.90 Å². The van der Waals surface area contributed by atoms with Crippen LogP contribution in [0, 0.1) is 35.0 Å². The monoisotopic (exact) mass is 307 g/mol. The van der Waals surface area contributed by atoms with Crippen molar-refractivity contribution in [2.24, 2.45) is 22.7 Å². The maximum absolute atomic E-state index is 5.55. The van der Waals surface area contributed by atoms with Crippen LogP contribution < -0.4 is 0 Å². The first-order valence-corrected chi connectivity index (χ1v) is 9.09. The largest absolute Gasteiger partial charge is 0.292 e. The summed E-state index contributed by atoms with van der Waals surface area (Å²) >= 11 is 0. The van der Waals surface area contributed by atoms with Crippen LogP contribution in [0.25, 0.3) is 0 Å². The van der Waals surface area contributed by atoms with Crippen molar-refractivity contribution < 1.29 is 0 Å². The molecule has 2 atom stereocenters. The summed E-state index contributed by atoms with van der Waals surface area (Å²) in [5.41, 5.74) is 0.856. The summed E-state index contributed by atoms with van der Waals surface area (Å²) in [4.78, 5) is 2.47. The van der Waals surface area contributed by atoms with Crippen LogP contribution >= 0.6 is 0 Å². The Balaban J connectivity index is 4.19. The van der Waals surface area contributed by atoms with Gasteiger partial charge in [-0.15, -0.1) is 6.42 Å². The van der Waals surface area contributed by atoms with Crippen molar-refractivity contribution in [1.29, 1.82) is 0 Å². The third-order valence-corrected chi connectivity index (χ3v) is 4.11. The molecule has 0 amide bonds. The molecule has 0 aliphatic carbocycles. The minimum absolute atomic E-state index is 0.428. The van der Waals surface area contributed by atoms with E-state index in [4.69, 9.17) is 6.42 Å². The smallest absolute Gasteiger partial charge is 0.0598 e. The molecule has 0 heterocycles. The van der Waals surface area contributed by atoms with Gasteiger partial charge in [0.1, 0.15) is 0 Å². The van der Waals surface area contributed by atoms with Gasteiger partial charge < -0.3 is 0 Å². The van der Waals surface area contributed by atoms with Crippen molar-refractivity contribution in [3.05, 3.63) is 0 Å². The Bertz CT molecular complexity index is 297. The van der Waals surface area contributed by atoms with Gasteiger partial charge in [0.05, 0.1) is 6.54 Å². The van der Waals surface area contributed by atoms with Crippen LogP contribution in [0.1, 0.15) is 81.1 Å². The van der Waals surface area contributed by atoms with Crippen LogP contribution in [0.5, 0.6) is 0 Å². The van der Waals surface area contributed by atoms with E-state index < -0.39 is 0 Å². The van der Waals surface area contributed by atoms with Crippen LogP contribution in [-0.4, -0.2) is 24.5 Å². The lowest BCUT2D eigenvalue weighted by Gasteiger charge is -2.28. The fourth-order valence-electron chi connectivity index (χ4n) is 3.50. The molecule has 1 nitrogen and oxygen atoms in total. The topological polar surface area (TPSA) is 3.24 Å². The average Bonchev–Trinajstić information content (AvgIpc) is 2.28. The van der Waals surface area contributed by atoms with Crippen molar-refractivity contribution in [2.75, 3.05) is 19.6 Å². The van der Waals surface area contributed by atoms with Gasteiger partial charge in [-0.1, -0.05) is 61.3 Å². The Hall–Kier alpha value is -0.480.